The molecular formula is C24H28FN5O5. The predicted molar refractivity (Wildman–Crippen MR) is 124 cm³/mol. The van der Waals surface area contributed by atoms with Crippen molar-refractivity contribution in [2.45, 2.75) is 56.4 Å². The van der Waals surface area contributed by atoms with Crippen molar-refractivity contribution in [2.75, 3.05) is 19.7 Å². The number of hydrogen-bond donors (Lipinski definition) is 2. The number of imidazole rings is 1. The molecule has 2 atom stereocenters. The average Bonchev–Trinajstić information content (AvgIpc) is 3.23. The Hall–Kier alpha value is -3.31. The number of rotatable bonds is 4. The van der Waals surface area contributed by atoms with Gasteiger partial charge >= 0.3 is 5.69 Å². The van der Waals surface area contributed by atoms with E-state index in [1.54, 1.807) is 13.3 Å². The molecular weight excluding hydrogens is 457 g/mol. The second-order valence-electron chi connectivity index (χ2n) is 9.74. The number of aliphatic hydroxyl groups is 1. The van der Waals surface area contributed by atoms with Gasteiger partial charge in [-0.2, -0.15) is 4.39 Å². The fourth-order valence-electron chi connectivity index (χ4n) is 5.38. The van der Waals surface area contributed by atoms with Gasteiger partial charge in [-0.1, -0.05) is 12.1 Å². The zero-order valence-electron chi connectivity index (χ0n) is 19.4. The van der Waals surface area contributed by atoms with Gasteiger partial charge in [-0.3, -0.25) is 19.1 Å². The fourth-order valence-corrected chi connectivity index (χ4v) is 5.38. The van der Waals surface area contributed by atoms with Crippen LogP contribution in [0.3, 0.4) is 0 Å². The summed E-state index contributed by atoms with van der Waals surface area (Å²) in [4.78, 5) is 44.5. The van der Waals surface area contributed by atoms with Gasteiger partial charge in [0.25, 0.3) is 5.56 Å². The summed E-state index contributed by atoms with van der Waals surface area (Å²) in [6, 6.07) is 6.94. The van der Waals surface area contributed by atoms with E-state index in [-0.39, 0.29) is 18.9 Å². The molecule has 3 aromatic rings. The predicted octanol–water partition coefficient (Wildman–Crippen LogP) is 1.19. The van der Waals surface area contributed by atoms with Crippen LogP contribution in [-0.4, -0.2) is 65.9 Å². The number of benzene rings is 1. The Morgan fingerprint density at radius 3 is 2.77 bits per heavy atom. The number of likely N-dealkylation sites (tertiary alicyclic amines) is 1. The number of nitrogens with one attached hydrogen (secondary N) is 1. The number of hydrogen-bond acceptors (Lipinski definition) is 6. The number of fused-ring (bicyclic) bond motifs is 1. The molecule has 186 valence electrons. The van der Waals surface area contributed by atoms with Gasteiger partial charge < -0.3 is 19.3 Å². The van der Waals surface area contributed by atoms with Crippen LogP contribution < -0.4 is 11.2 Å². The van der Waals surface area contributed by atoms with Crippen LogP contribution in [0.2, 0.25) is 0 Å². The molecule has 2 aromatic heterocycles. The molecule has 1 aromatic carbocycles. The first-order chi connectivity index (χ1) is 16.7. The summed E-state index contributed by atoms with van der Waals surface area (Å²) in [6.45, 7) is 3.11. The summed E-state index contributed by atoms with van der Waals surface area (Å²) < 4.78 is 22.9. The molecule has 35 heavy (non-hydrogen) atoms. The number of aryl methyl sites for hydroxylation is 1. The van der Waals surface area contributed by atoms with E-state index >= 15 is 0 Å². The third-order valence-electron chi connectivity index (χ3n) is 7.33. The van der Waals surface area contributed by atoms with Gasteiger partial charge in [-0.25, -0.2) is 9.78 Å². The highest BCUT2D eigenvalue weighted by molar-refractivity contribution is 5.77. The van der Waals surface area contributed by atoms with Gasteiger partial charge in [0, 0.05) is 32.5 Å². The lowest BCUT2D eigenvalue weighted by atomic mass is 9.75. The van der Waals surface area contributed by atoms with E-state index in [9.17, 15) is 23.9 Å². The van der Waals surface area contributed by atoms with Gasteiger partial charge in [-0.05, 0) is 31.9 Å². The smallest absolute Gasteiger partial charge is 0.328 e. The Balaban J connectivity index is 1.20. The second-order valence-corrected chi connectivity index (χ2v) is 9.74. The normalized spacial score (nSPS) is 24.2. The molecule has 2 aliphatic heterocycles. The third kappa shape index (κ3) is 4.41. The van der Waals surface area contributed by atoms with Gasteiger partial charge in [-0.15, -0.1) is 0 Å². The highest BCUT2D eigenvalue weighted by Gasteiger charge is 2.50. The monoisotopic (exact) mass is 485 g/mol. The standard InChI is InChI=1S/C24H28FN5O5/c1-23(34)14-24(35-13-19(23)30-12-16(25)21(32)27-22(30)33)7-10-28(11-8-24)20(31)6-9-29-15-26-17-4-2-3-5-18(17)29/h2-5,12,15,19,34H,6-11,13-14H2,1H3,(H,27,32,33)/t19-,23-/m1/s1. The van der Waals surface area contributed by atoms with Crippen molar-refractivity contribution < 1.29 is 19.0 Å². The number of aromatic amines is 1. The summed E-state index contributed by atoms with van der Waals surface area (Å²) in [5.74, 6) is -1.05. The number of nitrogens with zero attached hydrogens (tertiary/aromatic N) is 4. The highest BCUT2D eigenvalue weighted by atomic mass is 19.1. The molecule has 1 spiro atoms. The molecule has 0 aliphatic carbocycles. The van der Waals surface area contributed by atoms with Crippen molar-refractivity contribution in [3.05, 3.63) is 63.4 Å². The van der Waals surface area contributed by atoms with E-state index in [1.165, 1.54) is 0 Å². The average molecular weight is 486 g/mol. The number of H-pyrrole nitrogens is 1. The zero-order chi connectivity index (χ0) is 24.8. The van der Waals surface area contributed by atoms with E-state index < -0.39 is 34.3 Å². The van der Waals surface area contributed by atoms with Crippen LogP contribution in [-0.2, 0) is 16.1 Å². The zero-order valence-corrected chi connectivity index (χ0v) is 19.4. The lowest BCUT2D eigenvalue weighted by Crippen LogP contribution is -2.59. The van der Waals surface area contributed by atoms with Gasteiger partial charge in [0.1, 0.15) is 0 Å². The van der Waals surface area contributed by atoms with E-state index in [0.717, 1.165) is 21.8 Å². The largest absolute Gasteiger partial charge is 0.388 e. The molecule has 4 heterocycles. The molecule has 2 aliphatic rings. The maximum Gasteiger partial charge on any atom is 0.328 e. The minimum absolute atomic E-state index is 0.0138. The molecule has 2 N–H and O–H groups in total. The summed E-state index contributed by atoms with van der Waals surface area (Å²) in [6.07, 6.45) is 4.23. The van der Waals surface area contributed by atoms with Crippen molar-refractivity contribution in [1.29, 1.82) is 0 Å². The quantitative estimate of drug-likeness (QED) is 0.573. The summed E-state index contributed by atoms with van der Waals surface area (Å²) in [5.41, 5.74) is -2.02. The number of piperidine rings is 1. The van der Waals surface area contributed by atoms with Gasteiger partial charge in [0.2, 0.25) is 11.7 Å². The maximum atomic E-state index is 13.8. The molecule has 2 fully saturated rings. The van der Waals surface area contributed by atoms with Crippen molar-refractivity contribution in [3.63, 3.8) is 0 Å². The number of ether oxygens (including phenoxy) is 1. The highest BCUT2D eigenvalue weighted by Crippen LogP contribution is 2.43. The van der Waals surface area contributed by atoms with Crippen LogP contribution in [0.1, 0.15) is 38.6 Å². The number of para-hydroxylation sites is 2. The minimum Gasteiger partial charge on any atom is -0.388 e. The van der Waals surface area contributed by atoms with Crippen molar-refractivity contribution in [1.82, 2.24) is 24.0 Å². The Bertz CT molecular complexity index is 1370. The topological polar surface area (TPSA) is 122 Å². The minimum atomic E-state index is -1.37. The molecule has 1 amide bonds. The van der Waals surface area contributed by atoms with Crippen molar-refractivity contribution in [2.24, 2.45) is 0 Å². The molecule has 0 saturated carbocycles. The molecule has 0 unspecified atom stereocenters. The molecule has 0 radical (unpaired) electrons. The molecule has 2 saturated heterocycles. The number of aromatic nitrogens is 4. The van der Waals surface area contributed by atoms with E-state index in [0.29, 0.717) is 38.9 Å². The molecule has 10 nitrogen and oxygen atoms in total. The van der Waals surface area contributed by atoms with Gasteiger partial charge in [0.05, 0.1) is 47.4 Å². The number of carbonyl (C=O) groups is 1. The van der Waals surface area contributed by atoms with Crippen molar-refractivity contribution in [3.8, 4) is 0 Å². The molecule has 5 rings (SSSR count). The van der Waals surface area contributed by atoms with Gasteiger partial charge in [0.15, 0.2) is 0 Å². The summed E-state index contributed by atoms with van der Waals surface area (Å²) >= 11 is 0. The van der Waals surface area contributed by atoms with Crippen LogP contribution in [0.15, 0.2) is 46.4 Å². The lowest BCUT2D eigenvalue weighted by Gasteiger charge is -2.51. The maximum absolute atomic E-state index is 13.8. The number of halogens is 1. The Kier molecular flexibility index (Phi) is 5.84. The van der Waals surface area contributed by atoms with E-state index in [4.69, 9.17) is 4.74 Å². The van der Waals surface area contributed by atoms with E-state index in [1.807, 2.05) is 38.7 Å². The van der Waals surface area contributed by atoms with Crippen molar-refractivity contribution >= 4 is 16.9 Å². The van der Waals surface area contributed by atoms with Crippen LogP contribution in [0, 0.1) is 5.82 Å². The second kappa shape index (κ2) is 8.72. The van der Waals surface area contributed by atoms with Crippen LogP contribution in [0.5, 0.6) is 0 Å². The fraction of sp³-hybridized carbons (Fsp3) is 0.500. The third-order valence-corrected chi connectivity index (χ3v) is 7.33. The summed E-state index contributed by atoms with van der Waals surface area (Å²) in [7, 11) is 0. The SMILES string of the molecule is C[C@@]1(O)CC2(CCN(C(=O)CCn3cnc4ccccc43)CC2)OC[C@H]1n1cc(F)c(=O)[nH]c1=O. The Morgan fingerprint density at radius 2 is 2.03 bits per heavy atom. The first-order valence-electron chi connectivity index (χ1n) is 11.7. The number of carbonyl (C=O) groups excluding carboxylic acids is 1. The van der Waals surface area contributed by atoms with Crippen LogP contribution in [0.4, 0.5) is 4.39 Å². The number of amides is 1. The van der Waals surface area contributed by atoms with Crippen LogP contribution in [0.25, 0.3) is 11.0 Å². The van der Waals surface area contributed by atoms with Crippen LogP contribution >= 0.6 is 0 Å². The summed E-state index contributed by atoms with van der Waals surface area (Å²) in [5, 5.41) is 11.2. The van der Waals surface area contributed by atoms with E-state index in [2.05, 4.69) is 4.98 Å². The first kappa shape index (κ1) is 23.4. The molecule has 0 bridgehead atoms. The molecule has 11 heteroatoms. The Labute approximate surface area is 200 Å². The first-order valence-corrected chi connectivity index (χ1v) is 11.7. The lowest BCUT2D eigenvalue weighted by molar-refractivity contribution is -0.198. The Morgan fingerprint density at radius 1 is 1.29 bits per heavy atom.